The average Bonchev–Trinajstić information content (AvgIpc) is 2.48. The third-order valence-corrected chi connectivity index (χ3v) is 2.43. The van der Waals surface area contributed by atoms with Crippen LogP contribution in [-0.2, 0) is 14.3 Å². The Hall–Kier alpha value is -1.10. The summed E-state index contributed by atoms with van der Waals surface area (Å²) >= 11 is 0. The minimum absolute atomic E-state index is 0.0520. The SMILES string of the molecule is COC[C@@H](C)N1C[C@H](C(=O)[O-])CC1=O. The number of likely N-dealkylation sites (tertiary alicyclic amines) is 1. The summed E-state index contributed by atoms with van der Waals surface area (Å²) in [4.78, 5) is 23.5. The summed E-state index contributed by atoms with van der Waals surface area (Å²) < 4.78 is 4.90. The molecule has 0 aromatic rings. The molecule has 0 N–H and O–H groups in total. The first-order chi connectivity index (χ1) is 6.56. The van der Waals surface area contributed by atoms with Crippen LogP contribution in [-0.4, -0.2) is 43.1 Å². The molecule has 0 bridgehead atoms. The lowest BCUT2D eigenvalue weighted by molar-refractivity contribution is -0.311. The Morgan fingerprint density at radius 2 is 2.43 bits per heavy atom. The number of amides is 1. The molecule has 80 valence electrons. The molecule has 0 radical (unpaired) electrons. The van der Waals surface area contributed by atoms with E-state index < -0.39 is 11.9 Å². The first-order valence-electron chi connectivity index (χ1n) is 4.55. The van der Waals surface area contributed by atoms with Crippen LogP contribution in [0, 0.1) is 5.92 Å². The third kappa shape index (κ3) is 2.23. The molecule has 1 amide bonds. The Morgan fingerprint density at radius 3 is 2.86 bits per heavy atom. The van der Waals surface area contributed by atoms with E-state index in [9.17, 15) is 14.7 Å². The number of carbonyl (C=O) groups excluding carboxylic acids is 2. The second-order valence-corrected chi connectivity index (χ2v) is 3.57. The molecule has 1 aliphatic rings. The summed E-state index contributed by atoms with van der Waals surface area (Å²) in [6.45, 7) is 2.50. The van der Waals surface area contributed by atoms with Gasteiger partial charge in [-0.25, -0.2) is 0 Å². The second-order valence-electron chi connectivity index (χ2n) is 3.57. The summed E-state index contributed by atoms with van der Waals surface area (Å²) in [5.74, 6) is -1.95. The highest BCUT2D eigenvalue weighted by molar-refractivity contribution is 5.85. The van der Waals surface area contributed by atoms with Crippen LogP contribution in [0.5, 0.6) is 0 Å². The van der Waals surface area contributed by atoms with Crippen molar-refractivity contribution in [3.8, 4) is 0 Å². The zero-order chi connectivity index (χ0) is 10.7. The molecule has 0 unspecified atom stereocenters. The number of hydrogen-bond donors (Lipinski definition) is 0. The molecule has 5 heteroatoms. The fraction of sp³-hybridized carbons (Fsp3) is 0.778. The van der Waals surface area contributed by atoms with Gasteiger partial charge < -0.3 is 19.5 Å². The van der Waals surface area contributed by atoms with Gasteiger partial charge in [0.25, 0.3) is 0 Å². The molecule has 1 aliphatic heterocycles. The molecule has 0 aliphatic carbocycles. The van der Waals surface area contributed by atoms with E-state index >= 15 is 0 Å². The van der Waals surface area contributed by atoms with E-state index in [1.54, 1.807) is 7.11 Å². The summed E-state index contributed by atoms with van der Waals surface area (Å²) in [5, 5.41) is 10.6. The number of ether oxygens (including phenoxy) is 1. The number of carbonyl (C=O) groups is 2. The summed E-state index contributed by atoms with van der Waals surface area (Å²) in [6, 6.07) is -0.0724. The molecule has 5 nitrogen and oxygen atoms in total. The molecule has 0 spiro atoms. The van der Waals surface area contributed by atoms with Crippen LogP contribution in [0.1, 0.15) is 13.3 Å². The monoisotopic (exact) mass is 200 g/mol. The van der Waals surface area contributed by atoms with Crippen molar-refractivity contribution in [3.63, 3.8) is 0 Å². The van der Waals surface area contributed by atoms with Crippen molar-refractivity contribution in [2.45, 2.75) is 19.4 Å². The highest BCUT2D eigenvalue weighted by Gasteiger charge is 2.32. The Labute approximate surface area is 82.6 Å². The largest absolute Gasteiger partial charge is 0.550 e. The Kier molecular flexibility index (Phi) is 3.46. The van der Waals surface area contributed by atoms with Crippen LogP contribution < -0.4 is 5.11 Å². The van der Waals surface area contributed by atoms with Crippen molar-refractivity contribution in [2.24, 2.45) is 5.92 Å². The van der Waals surface area contributed by atoms with Gasteiger partial charge in [-0.3, -0.25) is 4.79 Å². The minimum atomic E-state index is -1.15. The lowest BCUT2D eigenvalue weighted by Gasteiger charge is -2.24. The van der Waals surface area contributed by atoms with Gasteiger partial charge in [0.1, 0.15) is 0 Å². The molecule has 1 rings (SSSR count). The van der Waals surface area contributed by atoms with Crippen molar-refractivity contribution in [3.05, 3.63) is 0 Å². The van der Waals surface area contributed by atoms with Crippen molar-refractivity contribution in [1.82, 2.24) is 4.90 Å². The summed E-state index contributed by atoms with van der Waals surface area (Å²) in [6.07, 6.45) is 0.0520. The molecule has 14 heavy (non-hydrogen) atoms. The van der Waals surface area contributed by atoms with Crippen molar-refractivity contribution in [1.29, 1.82) is 0 Å². The van der Waals surface area contributed by atoms with E-state index in [0.29, 0.717) is 6.61 Å². The van der Waals surface area contributed by atoms with Gasteiger partial charge in [-0.15, -0.1) is 0 Å². The summed E-state index contributed by atoms with van der Waals surface area (Å²) in [5.41, 5.74) is 0. The number of hydrogen-bond acceptors (Lipinski definition) is 4. The lowest BCUT2D eigenvalue weighted by Crippen LogP contribution is -2.39. The van der Waals surface area contributed by atoms with Gasteiger partial charge in [-0.05, 0) is 6.92 Å². The number of aliphatic carboxylic acids is 1. The van der Waals surface area contributed by atoms with Gasteiger partial charge in [0, 0.05) is 32.0 Å². The standard InChI is InChI=1S/C9H15NO4/c1-6(5-14-2)10-4-7(9(12)13)3-8(10)11/h6-7H,3-5H2,1-2H3,(H,12,13)/p-1/t6-,7-/m1/s1. The molecular formula is C9H14NO4-. The van der Waals surface area contributed by atoms with Gasteiger partial charge in [-0.1, -0.05) is 0 Å². The van der Waals surface area contributed by atoms with Crippen molar-refractivity contribution < 1.29 is 19.4 Å². The molecule has 1 fully saturated rings. The van der Waals surface area contributed by atoms with Crippen LogP contribution in [0.15, 0.2) is 0 Å². The minimum Gasteiger partial charge on any atom is -0.550 e. The fourth-order valence-corrected chi connectivity index (χ4v) is 1.65. The average molecular weight is 200 g/mol. The highest BCUT2D eigenvalue weighted by Crippen LogP contribution is 2.19. The zero-order valence-corrected chi connectivity index (χ0v) is 8.36. The maximum atomic E-state index is 11.4. The Bertz CT molecular complexity index is 241. The number of carboxylic acids is 1. The lowest BCUT2D eigenvalue weighted by atomic mass is 10.1. The van der Waals surface area contributed by atoms with Crippen molar-refractivity contribution in [2.75, 3.05) is 20.3 Å². The smallest absolute Gasteiger partial charge is 0.223 e. The molecule has 2 atom stereocenters. The first-order valence-corrected chi connectivity index (χ1v) is 4.55. The van der Waals surface area contributed by atoms with E-state index in [-0.39, 0.29) is 24.9 Å². The van der Waals surface area contributed by atoms with Gasteiger partial charge in [0.15, 0.2) is 0 Å². The second kappa shape index (κ2) is 4.41. The number of rotatable bonds is 4. The van der Waals surface area contributed by atoms with Gasteiger partial charge in [-0.2, -0.15) is 0 Å². The van der Waals surface area contributed by atoms with E-state index in [2.05, 4.69) is 0 Å². The van der Waals surface area contributed by atoms with Crippen LogP contribution in [0.2, 0.25) is 0 Å². The van der Waals surface area contributed by atoms with Crippen LogP contribution in [0.3, 0.4) is 0 Å². The third-order valence-electron chi connectivity index (χ3n) is 2.43. The zero-order valence-electron chi connectivity index (χ0n) is 8.36. The number of nitrogens with zero attached hydrogens (tertiary/aromatic N) is 1. The van der Waals surface area contributed by atoms with E-state index in [1.165, 1.54) is 4.90 Å². The maximum absolute atomic E-state index is 11.4. The van der Waals surface area contributed by atoms with Gasteiger partial charge >= 0.3 is 0 Å². The van der Waals surface area contributed by atoms with E-state index in [1.807, 2.05) is 6.92 Å². The highest BCUT2D eigenvalue weighted by atomic mass is 16.5. The quantitative estimate of drug-likeness (QED) is 0.561. The van der Waals surface area contributed by atoms with Crippen LogP contribution in [0.4, 0.5) is 0 Å². The van der Waals surface area contributed by atoms with E-state index in [4.69, 9.17) is 4.74 Å². The van der Waals surface area contributed by atoms with E-state index in [0.717, 1.165) is 0 Å². The van der Waals surface area contributed by atoms with Crippen LogP contribution >= 0.6 is 0 Å². The van der Waals surface area contributed by atoms with Gasteiger partial charge in [0.05, 0.1) is 12.6 Å². The molecule has 1 heterocycles. The number of carboxylic acid groups (broad SMARTS) is 1. The Balaban J connectivity index is 2.56. The first kappa shape index (κ1) is 11.0. The normalized spacial score (nSPS) is 24.0. The number of methoxy groups -OCH3 is 1. The van der Waals surface area contributed by atoms with Crippen LogP contribution in [0.25, 0.3) is 0 Å². The predicted octanol–water partition coefficient (Wildman–Crippen LogP) is -1.38. The van der Waals surface area contributed by atoms with Crippen molar-refractivity contribution >= 4 is 11.9 Å². The molecular weight excluding hydrogens is 186 g/mol. The molecule has 0 aromatic heterocycles. The molecule has 1 saturated heterocycles. The molecule has 0 aromatic carbocycles. The van der Waals surface area contributed by atoms with Gasteiger partial charge in [0.2, 0.25) is 5.91 Å². The topological polar surface area (TPSA) is 69.7 Å². The Morgan fingerprint density at radius 1 is 1.79 bits per heavy atom. The fourth-order valence-electron chi connectivity index (χ4n) is 1.65. The summed E-state index contributed by atoms with van der Waals surface area (Å²) in [7, 11) is 1.55. The predicted molar refractivity (Wildman–Crippen MR) is 46.2 cm³/mol. The molecule has 0 saturated carbocycles. The maximum Gasteiger partial charge on any atom is 0.223 e.